The predicted molar refractivity (Wildman–Crippen MR) is 75.2 cm³/mol. The van der Waals surface area contributed by atoms with Gasteiger partial charge in [0.2, 0.25) is 5.91 Å². The quantitative estimate of drug-likeness (QED) is 0.890. The summed E-state index contributed by atoms with van der Waals surface area (Å²) in [6, 6.07) is 8.33. The van der Waals surface area contributed by atoms with Crippen molar-refractivity contribution in [1.82, 2.24) is 4.90 Å². The van der Waals surface area contributed by atoms with Gasteiger partial charge in [0.15, 0.2) is 0 Å². The molecule has 100 valence electrons. The van der Waals surface area contributed by atoms with Crippen LogP contribution in [0.2, 0.25) is 0 Å². The third-order valence-electron chi connectivity index (χ3n) is 3.55. The summed E-state index contributed by atoms with van der Waals surface area (Å²) >= 11 is 0. The second kappa shape index (κ2) is 5.53. The molecule has 0 aliphatic rings. The Bertz CT molecular complexity index is 409. The predicted octanol–water partition coefficient (Wildman–Crippen LogP) is 2.50. The van der Waals surface area contributed by atoms with Gasteiger partial charge in [0.25, 0.3) is 0 Å². The number of amides is 1. The van der Waals surface area contributed by atoms with E-state index in [9.17, 15) is 4.79 Å². The Morgan fingerprint density at radius 1 is 1.33 bits per heavy atom. The standard InChI is InChI=1S/C15H24N2O/c1-11-6-8-13(9-7-11)12(2)17(5)14(18)15(3,4)10-16/h6-9,12H,10,16H2,1-5H3. The molecule has 3 heteroatoms. The molecule has 1 amide bonds. The van der Waals surface area contributed by atoms with Crippen molar-refractivity contribution < 1.29 is 4.79 Å². The normalized spacial score (nSPS) is 13.2. The van der Waals surface area contributed by atoms with Crippen LogP contribution < -0.4 is 5.73 Å². The summed E-state index contributed by atoms with van der Waals surface area (Å²) < 4.78 is 0. The molecule has 2 N–H and O–H groups in total. The van der Waals surface area contributed by atoms with Gasteiger partial charge in [0.05, 0.1) is 11.5 Å². The van der Waals surface area contributed by atoms with E-state index in [2.05, 4.69) is 31.2 Å². The largest absolute Gasteiger partial charge is 0.338 e. The van der Waals surface area contributed by atoms with Crippen LogP contribution in [0.15, 0.2) is 24.3 Å². The molecule has 1 rings (SSSR count). The Hall–Kier alpha value is -1.35. The molecule has 0 radical (unpaired) electrons. The second-order valence-corrected chi connectivity index (χ2v) is 5.59. The van der Waals surface area contributed by atoms with Crippen LogP contribution in [0.25, 0.3) is 0 Å². The van der Waals surface area contributed by atoms with E-state index in [4.69, 9.17) is 5.73 Å². The van der Waals surface area contributed by atoms with Crippen LogP contribution in [0.5, 0.6) is 0 Å². The van der Waals surface area contributed by atoms with Crippen molar-refractivity contribution in [2.45, 2.75) is 33.7 Å². The summed E-state index contributed by atoms with van der Waals surface area (Å²) in [6.45, 7) is 8.22. The average molecular weight is 248 g/mol. The molecule has 0 saturated heterocycles. The Balaban J connectivity index is 2.87. The SMILES string of the molecule is Cc1ccc(C(C)N(C)C(=O)C(C)(C)CN)cc1. The number of aryl methyl sites for hydroxylation is 1. The van der Waals surface area contributed by atoms with Gasteiger partial charge in [-0.15, -0.1) is 0 Å². The van der Waals surface area contributed by atoms with Crippen molar-refractivity contribution in [1.29, 1.82) is 0 Å². The smallest absolute Gasteiger partial charge is 0.229 e. The molecule has 0 spiro atoms. The van der Waals surface area contributed by atoms with E-state index in [1.54, 1.807) is 4.90 Å². The lowest BCUT2D eigenvalue weighted by Gasteiger charge is -2.32. The number of nitrogens with two attached hydrogens (primary N) is 1. The average Bonchev–Trinajstić information content (AvgIpc) is 2.37. The van der Waals surface area contributed by atoms with Gasteiger partial charge in [-0.3, -0.25) is 4.79 Å². The fourth-order valence-corrected chi connectivity index (χ4v) is 1.81. The summed E-state index contributed by atoms with van der Waals surface area (Å²) in [5, 5.41) is 0. The van der Waals surface area contributed by atoms with E-state index in [-0.39, 0.29) is 11.9 Å². The maximum Gasteiger partial charge on any atom is 0.229 e. The van der Waals surface area contributed by atoms with Crippen molar-refractivity contribution in [3.05, 3.63) is 35.4 Å². The van der Waals surface area contributed by atoms with Gasteiger partial charge in [-0.05, 0) is 33.3 Å². The first-order valence-corrected chi connectivity index (χ1v) is 6.33. The molecule has 0 aromatic heterocycles. The first-order valence-electron chi connectivity index (χ1n) is 6.33. The number of carbonyl (C=O) groups excluding carboxylic acids is 1. The van der Waals surface area contributed by atoms with Crippen LogP contribution in [0.1, 0.15) is 37.9 Å². The second-order valence-electron chi connectivity index (χ2n) is 5.59. The maximum atomic E-state index is 12.3. The van der Waals surface area contributed by atoms with E-state index < -0.39 is 5.41 Å². The first kappa shape index (κ1) is 14.7. The zero-order chi connectivity index (χ0) is 13.9. The number of hydrogen-bond donors (Lipinski definition) is 1. The number of carbonyl (C=O) groups is 1. The number of benzene rings is 1. The Kier molecular flexibility index (Phi) is 4.52. The van der Waals surface area contributed by atoms with Gasteiger partial charge in [-0.2, -0.15) is 0 Å². The van der Waals surface area contributed by atoms with Crippen molar-refractivity contribution >= 4 is 5.91 Å². The number of rotatable bonds is 4. The van der Waals surface area contributed by atoms with Gasteiger partial charge in [-0.1, -0.05) is 29.8 Å². The van der Waals surface area contributed by atoms with Crippen LogP contribution >= 0.6 is 0 Å². The lowest BCUT2D eigenvalue weighted by atomic mass is 9.91. The van der Waals surface area contributed by atoms with Crippen LogP contribution in [-0.2, 0) is 4.79 Å². The maximum absolute atomic E-state index is 12.3. The third-order valence-corrected chi connectivity index (χ3v) is 3.55. The lowest BCUT2D eigenvalue weighted by molar-refractivity contribution is -0.140. The van der Waals surface area contributed by atoms with Crippen molar-refractivity contribution in [3.63, 3.8) is 0 Å². The minimum Gasteiger partial charge on any atom is -0.338 e. The summed E-state index contributed by atoms with van der Waals surface area (Å²) in [4.78, 5) is 14.1. The topological polar surface area (TPSA) is 46.3 Å². The van der Waals surface area contributed by atoms with Crippen LogP contribution in [-0.4, -0.2) is 24.4 Å². The molecular weight excluding hydrogens is 224 g/mol. The first-order chi connectivity index (χ1) is 8.29. The molecule has 18 heavy (non-hydrogen) atoms. The minimum atomic E-state index is -0.506. The summed E-state index contributed by atoms with van der Waals surface area (Å²) in [7, 11) is 1.84. The van der Waals surface area contributed by atoms with Gasteiger partial charge < -0.3 is 10.6 Å². The summed E-state index contributed by atoms with van der Waals surface area (Å²) in [5.74, 6) is 0.0816. The van der Waals surface area contributed by atoms with E-state index in [0.29, 0.717) is 6.54 Å². The Labute approximate surface area is 110 Å². The van der Waals surface area contributed by atoms with Gasteiger partial charge >= 0.3 is 0 Å². The van der Waals surface area contributed by atoms with E-state index in [1.807, 2.05) is 27.8 Å². The highest BCUT2D eigenvalue weighted by molar-refractivity contribution is 5.82. The van der Waals surface area contributed by atoms with Gasteiger partial charge in [0, 0.05) is 13.6 Å². The molecule has 0 bridgehead atoms. The molecule has 1 aromatic carbocycles. The fraction of sp³-hybridized carbons (Fsp3) is 0.533. The molecule has 3 nitrogen and oxygen atoms in total. The molecule has 1 unspecified atom stereocenters. The summed E-state index contributed by atoms with van der Waals surface area (Å²) in [5.41, 5.74) is 7.52. The van der Waals surface area contributed by atoms with E-state index in [0.717, 1.165) is 5.56 Å². The van der Waals surface area contributed by atoms with Crippen LogP contribution in [0, 0.1) is 12.3 Å². The molecule has 0 heterocycles. The molecule has 0 saturated carbocycles. The molecule has 1 atom stereocenters. The Morgan fingerprint density at radius 3 is 2.28 bits per heavy atom. The molecule has 0 aliphatic carbocycles. The molecular formula is C15H24N2O. The Morgan fingerprint density at radius 2 is 1.83 bits per heavy atom. The molecule has 0 fully saturated rings. The number of nitrogens with zero attached hydrogens (tertiary/aromatic N) is 1. The number of hydrogen-bond acceptors (Lipinski definition) is 2. The van der Waals surface area contributed by atoms with E-state index in [1.165, 1.54) is 5.56 Å². The van der Waals surface area contributed by atoms with Crippen LogP contribution in [0.3, 0.4) is 0 Å². The highest BCUT2D eigenvalue weighted by Gasteiger charge is 2.31. The fourth-order valence-electron chi connectivity index (χ4n) is 1.81. The van der Waals surface area contributed by atoms with Crippen molar-refractivity contribution in [3.8, 4) is 0 Å². The van der Waals surface area contributed by atoms with Crippen molar-refractivity contribution in [2.75, 3.05) is 13.6 Å². The highest BCUT2D eigenvalue weighted by Crippen LogP contribution is 2.25. The monoisotopic (exact) mass is 248 g/mol. The van der Waals surface area contributed by atoms with Gasteiger partial charge in [0.1, 0.15) is 0 Å². The van der Waals surface area contributed by atoms with Crippen molar-refractivity contribution in [2.24, 2.45) is 11.1 Å². The molecule has 0 aliphatic heterocycles. The third kappa shape index (κ3) is 3.10. The molecule has 1 aromatic rings. The van der Waals surface area contributed by atoms with E-state index >= 15 is 0 Å². The van der Waals surface area contributed by atoms with Crippen LogP contribution in [0.4, 0.5) is 0 Å². The zero-order valence-corrected chi connectivity index (χ0v) is 12.0. The highest BCUT2D eigenvalue weighted by atomic mass is 16.2. The lowest BCUT2D eigenvalue weighted by Crippen LogP contribution is -2.43. The minimum absolute atomic E-state index is 0.0592. The van der Waals surface area contributed by atoms with Gasteiger partial charge in [-0.25, -0.2) is 0 Å². The zero-order valence-electron chi connectivity index (χ0n) is 12.0. The summed E-state index contributed by atoms with van der Waals surface area (Å²) in [6.07, 6.45) is 0.